The lowest BCUT2D eigenvalue weighted by Gasteiger charge is -2.18. The molecule has 0 aliphatic rings. The number of hydrogen-bond donors (Lipinski definition) is 2. The molecule has 0 saturated carbocycles. The Bertz CT molecular complexity index is 492. The molecular formula is C14H20N2O4. The molecule has 20 heavy (non-hydrogen) atoms. The minimum absolute atomic E-state index is 0.0192. The minimum Gasteiger partial charge on any atom is -0.507 e. The molecule has 1 aromatic carbocycles. The lowest BCUT2D eigenvalue weighted by molar-refractivity contribution is 0.0529. The van der Waals surface area contributed by atoms with Gasteiger partial charge >= 0.3 is 6.09 Å². The molecule has 1 rings (SSSR count). The van der Waals surface area contributed by atoms with Gasteiger partial charge in [-0.3, -0.25) is 0 Å². The van der Waals surface area contributed by atoms with Crippen LogP contribution in [-0.2, 0) is 4.74 Å². The van der Waals surface area contributed by atoms with Crippen molar-refractivity contribution in [3.8, 4) is 11.5 Å². The van der Waals surface area contributed by atoms with Crippen LogP contribution in [-0.4, -0.2) is 29.6 Å². The van der Waals surface area contributed by atoms with Crippen LogP contribution < -0.4 is 10.2 Å². The monoisotopic (exact) mass is 280 g/mol. The van der Waals surface area contributed by atoms with E-state index in [1.165, 1.54) is 12.3 Å². The third-order valence-corrected chi connectivity index (χ3v) is 2.07. The molecule has 0 atom stereocenters. The first kappa shape index (κ1) is 15.8. The average Bonchev–Trinajstić information content (AvgIpc) is 2.30. The number of phenolic OH excluding ortho intramolecular Hbond substituents is 1. The number of benzene rings is 1. The lowest BCUT2D eigenvalue weighted by atomic mass is 10.2. The number of aromatic hydroxyl groups is 1. The van der Waals surface area contributed by atoms with Gasteiger partial charge in [0.2, 0.25) is 0 Å². The van der Waals surface area contributed by atoms with Gasteiger partial charge < -0.3 is 14.6 Å². The Morgan fingerprint density at radius 1 is 1.45 bits per heavy atom. The Morgan fingerprint density at radius 2 is 2.15 bits per heavy atom. The molecule has 0 radical (unpaired) electrons. The van der Waals surface area contributed by atoms with Gasteiger partial charge in [0.15, 0.2) is 0 Å². The summed E-state index contributed by atoms with van der Waals surface area (Å²) in [6, 6.07) is 4.83. The van der Waals surface area contributed by atoms with Gasteiger partial charge in [-0.2, -0.15) is 5.10 Å². The van der Waals surface area contributed by atoms with Crippen LogP contribution in [0.5, 0.6) is 11.5 Å². The van der Waals surface area contributed by atoms with Gasteiger partial charge in [-0.1, -0.05) is 0 Å². The number of nitrogens with zero attached hydrogens (tertiary/aromatic N) is 1. The van der Waals surface area contributed by atoms with E-state index in [1.54, 1.807) is 32.9 Å². The zero-order valence-electron chi connectivity index (χ0n) is 12.1. The molecule has 1 amide bonds. The summed E-state index contributed by atoms with van der Waals surface area (Å²) in [5.74, 6) is 0.591. The Kier molecular flexibility index (Phi) is 5.37. The molecule has 6 nitrogen and oxygen atoms in total. The quantitative estimate of drug-likeness (QED) is 0.656. The summed E-state index contributed by atoms with van der Waals surface area (Å²) < 4.78 is 10.3. The number of phenols is 1. The van der Waals surface area contributed by atoms with Crippen molar-refractivity contribution in [3.63, 3.8) is 0 Å². The first-order valence-corrected chi connectivity index (χ1v) is 6.29. The third-order valence-electron chi connectivity index (χ3n) is 2.07. The van der Waals surface area contributed by atoms with Gasteiger partial charge in [-0.05, 0) is 39.8 Å². The molecule has 0 spiro atoms. The summed E-state index contributed by atoms with van der Waals surface area (Å²) in [5.41, 5.74) is 2.10. The average molecular weight is 280 g/mol. The molecule has 0 unspecified atom stereocenters. The van der Waals surface area contributed by atoms with Gasteiger partial charge in [-0.15, -0.1) is 0 Å². The van der Waals surface area contributed by atoms with Crippen molar-refractivity contribution in [2.75, 3.05) is 6.61 Å². The summed E-state index contributed by atoms with van der Waals surface area (Å²) in [6.45, 7) is 7.65. The van der Waals surface area contributed by atoms with Gasteiger partial charge in [0.25, 0.3) is 0 Å². The first-order valence-electron chi connectivity index (χ1n) is 6.29. The summed E-state index contributed by atoms with van der Waals surface area (Å²) in [5, 5.41) is 13.5. The zero-order valence-corrected chi connectivity index (χ0v) is 12.1. The van der Waals surface area contributed by atoms with Crippen LogP contribution in [0.1, 0.15) is 33.3 Å². The highest BCUT2D eigenvalue weighted by molar-refractivity contribution is 5.84. The summed E-state index contributed by atoms with van der Waals surface area (Å²) in [4.78, 5) is 11.3. The smallest absolute Gasteiger partial charge is 0.428 e. The van der Waals surface area contributed by atoms with Gasteiger partial charge in [-0.25, -0.2) is 10.2 Å². The highest BCUT2D eigenvalue weighted by Crippen LogP contribution is 2.22. The fourth-order valence-electron chi connectivity index (χ4n) is 1.34. The van der Waals surface area contributed by atoms with Crippen molar-refractivity contribution in [3.05, 3.63) is 23.8 Å². The zero-order chi connectivity index (χ0) is 15.2. The fraction of sp³-hybridized carbons (Fsp3) is 0.429. The molecule has 0 fully saturated rings. The van der Waals surface area contributed by atoms with Crippen molar-refractivity contribution in [2.24, 2.45) is 5.10 Å². The Balaban J connectivity index is 2.60. The Labute approximate surface area is 118 Å². The van der Waals surface area contributed by atoms with Gasteiger partial charge in [0.05, 0.1) is 12.8 Å². The SMILES string of the molecule is CCOc1ccc(/C=N/NC(=O)OC(C)(C)C)c(O)c1. The largest absolute Gasteiger partial charge is 0.507 e. The van der Waals surface area contributed by atoms with Crippen LogP contribution in [0.25, 0.3) is 0 Å². The lowest BCUT2D eigenvalue weighted by Crippen LogP contribution is -2.29. The summed E-state index contributed by atoms with van der Waals surface area (Å²) in [6.07, 6.45) is 0.675. The molecule has 1 aromatic rings. The molecule has 6 heteroatoms. The number of hydrogen-bond acceptors (Lipinski definition) is 5. The third kappa shape index (κ3) is 5.60. The molecular weight excluding hydrogens is 260 g/mol. The predicted molar refractivity (Wildman–Crippen MR) is 76.2 cm³/mol. The standard InChI is InChI=1S/C14H20N2O4/c1-5-19-11-7-6-10(12(17)8-11)9-15-16-13(18)20-14(2,3)4/h6-9,17H,5H2,1-4H3,(H,16,18)/b15-9+. The van der Waals surface area contributed by atoms with E-state index in [0.717, 1.165) is 0 Å². The number of carbonyl (C=O) groups excluding carboxylic acids is 1. The van der Waals surface area contributed by atoms with E-state index in [2.05, 4.69) is 10.5 Å². The maximum Gasteiger partial charge on any atom is 0.428 e. The number of ether oxygens (including phenoxy) is 2. The van der Waals surface area contributed by atoms with E-state index in [1.807, 2.05) is 6.92 Å². The van der Waals surface area contributed by atoms with E-state index in [4.69, 9.17) is 9.47 Å². The van der Waals surface area contributed by atoms with E-state index in [0.29, 0.717) is 17.9 Å². The molecule has 0 saturated heterocycles. The van der Waals surface area contributed by atoms with Crippen LogP contribution in [0.2, 0.25) is 0 Å². The maximum absolute atomic E-state index is 11.3. The maximum atomic E-state index is 11.3. The minimum atomic E-state index is -0.654. The fourth-order valence-corrected chi connectivity index (χ4v) is 1.34. The normalized spacial score (nSPS) is 11.4. The molecule has 0 aromatic heterocycles. The number of rotatable bonds is 4. The van der Waals surface area contributed by atoms with Crippen molar-refractivity contribution in [1.82, 2.24) is 5.43 Å². The van der Waals surface area contributed by atoms with E-state index >= 15 is 0 Å². The summed E-state index contributed by atoms with van der Waals surface area (Å²) in [7, 11) is 0. The molecule has 0 heterocycles. The van der Waals surface area contributed by atoms with Crippen molar-refractivity contribution in [1.29, 1.82) is 0 Å². The molecule has 0 bridgehead atoms. The molecule has 2 N–H and O–H groups in total. The molecule has 0 aliphatic heterocycles. The summed E-state index contributed by atoms with van der Waals surface area (Å²) >= 11 is 0. The topological polar surface area (TPSA) is 80.2 Å². The van der Waals surface area contributed by atoms with E-state index < -0.39 is 11.7 Å². The second-order valence-electron chi connectivity index (χ2n) is 5.03. The van der Waals surface area contributed by atoms with E-state index in [-0.39, 0.29) is 5.75 Å². The van der Waals surface area contributed by atoms with Crippen molar-refractivity contribution in [2.45, 2.75) is 33.3 Å². The highest BCUT2D eigenvalue weighted by atomic mass is 16.6. The number of carbonyl (C=O) groups is 1. The van der Waals surface area contributed by atoms with Gasteiger partial charge in [0, 0.05) is 11.6 Å². The van der Waals surface area contributed by atoms with Crippen molar-refractivity contribution >= 4 is 12.3 Å². The van der Waals surface area contributed by atoms with Crippen LogP contribution in [0.15, 0.2) is 23.3 Å². The number of amides is 1. The molecule has 0 aliphatic carbocycles. The molecule has 110 valence electrons. The van der Waals surface area contributed by atoms with Crippen LogP contribution in [0, 0.1) is 0 Å². The second-order valence-corrected chi connectivity index (χ2v) is 5.03. The van der Waals surface area contributed by atoms with Crippen LogP contribution in [0.4, 0.5) is 4.79 Å². The van der Waals surface area contributed by atoms with Crippen molar-refractivity contribution < 1.29 is 19.4 Å². The van der Waals surface area contributed by atoms with E-state index in [9.17, 15) is 9.90 Å². The predicted octanol–water partition coefficient (Wildman–Crippen LogP) is 2.65. The van der Waals surface area contributed by atoms with Crippen LogP contribution in [0.3, 0.4) is 0 Å². The van der Waals surface area contributed by atoms with Gasteiger partial charge in [0.1, 0.15) is 17.1 Å². The Morgan fingerprint density at radius 3 is 2.70 bits per heavy atom. The number of hydrazone groups is 1. The van der Waals surface area contributed by atoms with Crippen LogP contribution >= 0.6 is 0 Å². The first-order chi connectivity index (χ1) is 9.31. The number of nitrogens with one attached hydrogen (secondary N) is 1. The highest BCUT2D eigenvalue weighted by Gasteiger charge is 2.15. The Hall–Kier alpha value is -2.24. The second kappa shape index (κ2) is 6.79.